The molecule has 1 aromatic heterocycles. The van der Waals surface area contributed by atoms with Gasteiger partial charge in [-0.3, -0.25) is 0 Å². The Bertz CT molecular complexity index is 1300. The first-order chi connectivity index (χ1) is 17.6. The summed E-state index contributed by atoms with van der Waals surface area (Å²) in [5, 5.41) is 9.86. The topological polar surface area (TPSA) is 121 Å². The summed E-state index contributed by atoms with van der Waals surface area (Å²) in [6, 6.07) is 12.3. The lowest BCUT2D eigenvalue weighted by Crippen LogP contribution is -2.19. The van der Waals surface area contributed by atoms with Crippen molar-refractivity contribution in [1.29, 1.82) is 0 Å². The molecule has 0 aliphatic rings. The third-order valence-electron chi connectivity index (χ3n) is 5.14. The molecule has 4 N–H and O–H groups in total. The van der Waals surface area contributed by atoms with E-state index in [1.165, 1.54) is 19.3 Å². The quantitative estimate of drug-likeness (QED) is 0.226. The first kappa shape index (κ1) is 28.5. The highest BCUT2D eigenvalue weighted by molar-refractivity contribution is 7.89. The summed E-state index contributed by atoms with van der Waals surface area (Å²) in [5.41, 5.74) is 1.96. The summed E-state index contributed by atoms with van der Waals surface area (Å²) in [5.74, 6) is 1.16. The van der Waals surface area contributed by atoms with Crippen molar-refractivity contribution in [2.75, 3.05) is 50.2 Å². The molecule has 0 saturated carbocycles. The Hall–Kier alpha value is -3.12. The number of nitrogens with zero attached hydrogens (tertiary/aromatic N) is 3. The molecule has 0 fully saturated rings. The fourth-order valence-corrected chi connectivity index (χ4v) is 4.42. The number of para-hydroxylation sites is 1. The Morgan fingerprint density at radius 1 is 1.08 bits per heavy atom. The lowest BCUT2D eigenvalue weighted by molar-refractivity contribution is 0.244. The fourth-order valence-electron chi connectivity index (χ4n) is 3.39. The Labute approximate surface area is 223 Å². The van der Waals surface area contributed by atoms with Crippen molar-refractivity contribution < 1.29 is 13.2 Å². The highest BCUT2D eigenvalue weighted by atomic mass is 35.5. The number of halogens is 1. The van der Waals surface area contributed by atoms with E-state index in [0.717, 1.165) is 25.2 Å². The van der Waals surface area contributed by atoms with Gasteiger partial charge < -0.3 is 25.6 Å². The Balaban J connectivity index is 1.84. The molecule has 3 aromatic rings. The van der Waals surface area contributed by atoms with E-state index >= 15 is 0 Å². The van der Waals surface area contributed by atoms with Crippen LogP contribution in [-0.2, 0) is 10.0 Å². The van der Waals surface area contributed by atoms with Gasteiger partial charge in [0.05, 0.1) is 23.7 Å². The van der Waals surface area contributed by atoms with Crippen molar-refractivity contribution >= 4 is 50.5 Å². The number of hydrogen-bond acceptors (Lipinski definition) is 9. The van der Waals surface area contributed by atoms with Crippen molar-refractivity contribution in [3.63, 3.8) is 0 Å². The molecule has 0 radical (unpaired) electrons. The normalized spacial score (nSPS) is 11.6. The first-order valence-electron chi connectivity index (χ1n) is 11.9. The summed E-state index contributed by atoms with van der Waals surface area (Å²) in [6.45, 7) is 5.75. The van der Waals surface area contributed by atoms with Crippen LogP contribution >= 0.6 is 11.6 Å². The zero-order chi connectivity index (χ0) is 27.0. The smallest absolute Gasteiger partial charge is 0.242 e. The van der Waals surface area contributed by atoms with E-state index in [2.05, 4.69) is 49.6 Å². The van der Waals surface area contributed by atoms with Crippen LogP contribution in [0.5, 0.6) is 5.75 Å². The van der Waals surface area contributed by atoms with Gasteiger partial charge in [0.2, 0.25) is 16.0 Å². The molecule has 3 rings (SSSR count). The van der Waals surface area contributed by atoms with Gasteiger partial charge in [0, 0.05) is 18.3 Å². The van der Waals surface area contributed by atoms with E-state index in [1.807, 2.05) is 32.0 Å². The highest BCUT2D eigenvalue weighted by Gasteiger charge is 2.18. The lowest BCUT2D eigenvalue weighted by Gasteiger charge is -2.18. The molecule has 2 aromatic carbocycles. The molecule has 0 atom stereocenters. The SMILES string of the molecule is CNS(=O)(=O)c1ccccc1Nc1nc(Nc2ccc(NCCCN(C)C)cc2OC(C)C)ncc1Cl. The molecule has 0 bridgehead atoms. The number of benzene rings is 2. The molecule has 0 spiro atoms. The maximum Gasteiger partial charge on any atom is 0.242 e. The summed E-state index contributed by atoms with van der Waals surface area (Å²) >= 11 is 6.33. The zero-order valence-electron chi connectivity index (χ0n) is 21.7. The second kappa shape index (κ2) is 12.9. The molecule has 0 amide bonds. The molecule has 0 aliphatic carbocycles. The van der Waals surface area contributed by atoms with Crippen molar-refractivity contribution in [2.24, 2.45) is 0 Å². The van der Waals surface area contributed by atoms with Gasteiger partial charge in [-0.05, 0) is 72.2 Å². The van der Waals surface area contributed by atoms with Gasteiger partial charge in [0.15, 0.2) is 5.82 Å². The number of rotatable bonds is 13. The standard InChI is InChI=1S/C25H34ClN7O3S/c1-17(2)36-22-15-18(28-13-8-14-33(4)5)11-12-20(22)31-25-29-16-19(26)24(32-25)30-21-9-6-7-10-23(21)37(34,35)27-3/h6-7,9-12,15-17,27-28H,8,13-14H2,1-5H3,(H2,29,30,31,32). The van der Waals surface area contributed by atoms with Crippen LogP contribution in [0.4, 0.5) is 28.8 Å². The predicted molar refractivity (Wildman–Crippen MR) is 150 cm³/mol. The molecule has 1 heterocycles. The van der Waals surface area contributed by atoms with E-state index in [-0.39, 0.29) is 27.8 Å². The summed E-state index contributed by atoms with van der Waals surface area (Å²) in [4.78, 5) is 11.0. The van der Waals surface area contributed by atoms with Gasteiger partial charge in [-0.25, -0.2) is 18.1 Å². The third-order valence-corrected chi connectivity index (χ3v) is 6.89. The number of ether oxygens (including phenoxy) is 1. The molecule has 10 nitrogen and oxygen atoms in total. The summed E-state index contributed by atoms with van der Waals surface area (Å²) < 4.78 is 33.2. The lowest BCUT2D eigenvalue weighted by atomic mass is 10.2. The van der Waals surface area contributed by atoms with Crippen LogP contribution < -0.4 is 25.4 Å². The van der Waals surface area contributed by atoms with Crippen molar-refractivity contribution in [3.8, 4) is 5.75 Å². The number of sulfonamides is 1. The predicted octanol–water partition coefficient (Wildman–Crippen LogP) is 4.68. The van der Waals surface area contributed by atoms with Crippen LogP contribution in [0.2, 0.25) is 5.02 Å². The Kier molecular flexibility index (Phi) is 9.93. The Morgan fingerprint density at radius 2 is 1.84 bits per heavy atom. The maximum atomic E-state index is 12.4. The number of anilines is 5. The van der Waals surface area contributed by atoms with Gasteiger partial charge in [0.1, 0.15) is 15.7 Å². The average molecular weight is 548 g/mol. The van der Waals surface area contributed by atoms with Gasteiger partial charge in [0.25, 0.3) is 0 Å². The molecule has 200 valence electrons. The van der Waals surface area contributed by atoms with E-state index < -0.39 is 10.0 Å². The van der Waals surface area contributed by atoms with Gasteiger partial charge in [-0.15, -0.1) is 0 Å². The van der Waals surface area contributed by atoms with E-state index in [0.29, 0.717) is 17.1 Å². The number of aromatic nitrogens is 2. The molecular weight excluding hydrogens is 514 g/mol. The fraction of sp³-hybridized carbons (Fsp3) is 0.360. The van der Waals surface area contributed by atoms with Crippen molar-refractivity contribution in [3.05, 3.63) is 53.7 Å². The minimum Gasteiger partial charge on any atom is -0.489 e. The number of nitrogens with one attached hydrogen (secondary N) is 4. The van der Waals surface area contributed by atoms with Crippen LogP contribution in [0.15, 0.2) is 53.6 Å². The minimum atomic E-state index is -3.69. The average Bonchev–Trinajstić information content (AvgIpc) is 2.85. The summed E-state index contributed by atoms with van der Waals surface area (Å²) in [7, 11) is 1.77. The van der Waals surface area contributed by atoms with Crippen LogP contribution in [0.3, 0.4) is 0 Å². The Morgan fingerprint density at radius 3 is 2.54 bits per heavy atom. The largest absolute Gasteiger partial charge is 0.489 e. The highest BCUT2D eigenvalue weighted by Crippen LogP contribution is 2.33. The van der Waals surface area contributed by atoms with Gasteiger partial charge in [-0.1, -0.05) is 23.7 Å². The summed E-state index contributed by atoms with van der Waals surface area (Å²) in [6.07, 6.45) is 2.41. The van der Waals surface area contributed by atoms with Crippen LogP contribution in [-0.4, -0.2) is 63.6 Å². The zero-order valence-corrected chi connectivity index (χ0v) is 23.2. The third kappa shape index (κ3) is 8.19. The molecule has 37 heavy (non-hydrogen) atoms. The minimum absolute atomic E-state index is 0.0430. The van der Waals surface area contributed by atoms with Crippen molar-refractivity contribution in [1.82, 2.24) is 19.6 Å². The van der Waals surface area contributed by atoms with E-state index in [9.17, 15) is 8.42 Å². The van der Waals surface area contributed by atoms with Crippen molar-refractivity contribution in [2.45, 2.75) is 31.3 Å². The van der Waals surface area contributed by atoms with Gasteiger partial charge in [-0.2, -0.15) is 4.98 Å². The van der Waals surface area contributed by atoms with E-state index in [1.54, 1.807) is 18.2 Å². The van der Waals surface area contributed by atoms with E-state index in [4.69, 9.17) is 16.3 Å². The molecule has 12 heteroatoms. The van der Waals surface area contributed by atoms with Crippen LogP contribution in [0, 0.1) is 0 Å². The molecule has 0 saturated heterocycles. The second-order valence-electron chi connectivity index (χ2n) is 8.81. The van der Waals surface area contributed by atoms with Gasteiger partial charge >= 0.3 is 0 Å². The monoisotopic (exact) mass is 547 g/mol. The first-order valence-corrected chi connectivity index (χ1v) is 13.7. The van der Waals surface area contributed by atoms with Crippen LogP contribution in [0.25, 0.3) is 0 Å². The van der Waals surface area contributed by atoms with Crippen LogP contribution in [0.1, 0.15) is 20.3 Å². The second-order valence-corrected chi connectivity index (χ2v) is 11.1. The molecule has 0 unspecified atom stereocenters. The molecule has 0 aliphatic heterocycles. The molecular formula is C25H34ClN7O3S. The maximum absolute atomic E-state index is 12.4. The number of hydrogen-bond donors (Lipinski definition) is 4.